The molecular formula is C32H24I2N4. The largest absolute Gasteiger partial charge is 0.355 e. The Hall–Kier alpha value is -3.37. The van der Waals surface area contributed by atoms with Crippen molar-refractivity contribution in [2.24, 2.45) is 4.99 Å². The normalized spacial score (nSPS) is 15.0. The fraction of sp³-hybridized carbons (Fsp3) is 0.0312. The Labute approximate surface area is 250 Å². The first-order valence-electron chi connectivity index (χ1n) is 12.2. The minimum atomic E-state index is 0.896. The lowest BCUT2D eigenvalue weighted by molar-refractivity contribution is 1.25. The summed E-state index contributed by atoms with van der Waals surface area (Å²) in [6.07, 6.45) is 6.13. The Balaban J connectivity index is 1.32. The Bertz CT molecular complexity index is 1670. The molecule has 0 saturated heterocycles. The van der Waals surface area contributed by atoms with Gasteiger partial charge in [0.15, 0.2) is 0 Å². The van der Waals surface area contributed by atoms with Gasteiger partial charge in [0, 0.05) is 24.2 Å². The van der Waals surface area contributed by atoms with Crippen LogP contribution in [-0.4, -0.2) is 5.71 Å². The van der Waals surface area contributed by atoms with Crippen LogP contribution >= 0.6 is 45.2 Å². The highest BCUT2D eigenvalue weighted by molar-refractivity contribution is 14.1. The number of nitrogens with zero attached hydrogens (tertiary/aromatic N) is 2. The monoisotopic (exact) mass is 718 g/mol. The van der Waals surface area contributed by atoms with Gasteiger partial charge < -0.3 is 15.5 Å². The third-order valence-electron chi connectivity index (χ3n) is 6.49. The number of halogens is 2. The Kier molecular flexibility index (Phi) is 6.84. The molecule has 186 valence electrons. The first kappa shape index (κ1) is 24.9. The highest BCUT2D eigenvalue weighted by atomic mass is 127. The third-order valence-corrected chi connectivity index (χ3v) is 7.83. The number of aliphatic imine (C=N–C) groups is 1. The molecular weight excluding hydrogens is 694 g/mol. The number of para-hydroxylation sites is 1. The summed E-state index contributed by atoms with van der Waals surface area (Å²) in [6, 6.07) is 29.7. The molecule has 2 aliphatic rings. The van der Waals surface area contributed by atoms with Gasteiger partial charge in [-0.3, -0.25) is 0 Å². The summed E-state index contributed by atoms with van der Waals surface area (Å²) in [6.45, 7) is 6.23. The fourth-order valence-corrected chi connectivity index (χ4v) is 5.67. The van der Waals surface area contributed by atoms with E-state index < -0.39 is 0 Å². The lowest BCUT2D eigenvalue weighted by Gasteiger charge is -2.34. The molecule has 0 aromatic heterocycles. The molecule has 0 bridgehead atoms. The fourth-order valence-electron chi connectivity index (χ4n) is 4.64. The van der Waals surface area contributed by atoms with Crippen molar-refractivity contribution in [2.75, 3.05) is 15.5 Å². The maximum atomic E-state index is 4.85. The van der Waals surface area contributed by atoms with E-state index in [2.05, 4.69) is 165 Å². The van der Waals surface area contributed by atoms with E-state index in [1.807, 2.05) is 12.2 Å². The molecule has 0 amide bonds. The first-order valence-corrected chi connectivity index (χ1v) is 14.4. The number of benzene rings is 4. The maximum absolute atomic E-state index is 4.85. The second-order valence-corrected chi connectivity index (χ2v) is 11.7. The zero-order valence-electron chi connectivity index (χ0n) is 20.7. The topological polar surface area (TPSA) is 39.7 Å². The molecule has 6 rings (SSSR count). The van der Waals surface area contributed by atoms with Gasteiger partial charge in [0.1, 0.15) is 0 Å². The lowest BCUT2D eigenvalue weighted by atomic mass is 10.1. The van der Waals surface area contributed by atoms with Gasteiger partial charge in [0.25, 0.3) is 0 Å². The van der Waals surface area contributed by atoms with Gasteiger partial charge >= 0.3 is 0 Å². The quantitative estimate of drug-likeness (QED) is 0.182. The average molecular weight is 718 g/mol. The summed E-state index contributed by atoms with van der Waals surface area (Å²) in [5.74, 6) is 0. The summed E-state index contributed by atoms with van der Waals surface area (Å²) in [5, 5.41) is 7.22. The minimum Gasteiger partial charge on any atom is -0.355 e. The van der Waals surface area contributed by atoms with Crippen LogP contribution in [0, 0.1) is 10.5 Å². The Morgan fingerprint density at radius 2 is 1.53 bits per heavy atom. The molecule has 38 heavy (non-hydrogen) atoms. The van der Waals surface area contributed by atoms with E-state index in [-0.39, 0.29) is 0 Å². The maximum Gasteiger partial charge on any atom is 0.0718 e. The Morgan fingerprint density at radius 3 is 2.29 bits per heavy atom. The second kappa shape index (κ2) is 10.4. The summed E-state index contributed by atoms with van der Waals surface area (Å²) in [5.41, 5.74) is 11.4. The number of anilines is 7. The summed E-state index contributed by atoms with van der Waals surface area (Å²) in [4.78, 5) is 7.17. The first-order chi connectivity index (χ1) is 18.4. The van der Waals surface area contributed by atoms with Crippen LogP contribution in [0.1, 0.15) is 5.56 Å². The lowest BCUT2D eigenvalue weighted by Crippen LogP contribution is -2.18. The van der Waals surface area contributed by atoms with Gasteiger partial charge in [-0.05, 0) is 148 Å². The van der Waals surface area contributed by atoms with Crippen LogP contribution in [0.3, 0.4) is 0 Å². The number of aryl methyl sites for hydroxylation is 1. The van der Waals surface area contributed by atoms with Crippen LogP contribution in [0.2, 0.25) is 0 Å². The van der Waals surface area contributed by atoms with Gasteiger partial charge in [0.2, 0.25) is 0 Å². The predicted octanol–water partition coefficient (Wildman–Crippen LogP) is 10.4. The number of hydrogen-bond donors (Lipinski definition) is 2. The van der Waals surface area contributed by atoms with Gasteiger partial charge in [0.05, 0.1) is 34.1 Å². The second-order valence-electron chi connectivity index (χ2n) is 9.20. The molecule has 0 radical (unpaired) electrons. The molecule has 1 aliphatic heterocycles. The van der Waals surface area contributed by atoms with E-state index in [4.69, 9.17) is 4.99 Å². The summed E-state index contributed by atoms with van der Waals surface area (Å²) in [7, 11) is 0. The van der Waals surface area contributed by atoms with Crippen LogP contribution in [0.15, 0.2) is 124 Å². The van der Waals surface area contributed by atoms with Crippen LogP contribution in [0.4, 0.5) is 45.5 Å². The molecule has 0 spiro atoms. The van der Waals surface area contributed by atoms with E-state index in [1.54, 1.807) is 0 Å². The van der Waals surface area contributed by atoms with Crippen molar-refractivity contribution >= 4 is 96.4 Å². The van der Waals surface area contributed by atoms with E-state index in [9.17, 15) is 0 Å². The van der Waals surface area contributed by atoms with Gasteiger partial charge in [-0.1, -0.05) is 24.8 Å². The zero-order valence-corrected chi connectivity index (χ0v) is 25.0. The predicted molar refractivity (Wildman–Crippen MR) is 179 cm³/mol. The number of fused-ring (bicyclic) bond motifs is 2. The highest BCUT2D eigenvalue weighted by Crippen LogP contribution is 2.49. The van der Waals surface area contributed by atoms with Gasteiger partial charge in [-0.15, -0.1) is 0 Å². The molecule has 4 aromatic carbocycles. The van der Waals surface area contributed by atoms with Crippen molar-refractivity contribution < 1.29 is 0 Å². The van der Waals surface area contributed by atoms with E-state index in [1.165, 1.54) is 3.57 Å². The van der Waals surface area contributed by atoms with Crippen LogP contribution in [0.25, 0.3) is 0 Å². The van der Waals surface area contributed by atoms with E-state index in [0.717, 1.165) is 65.9 Å². The van der Waals surface area contributed by atoms with E-state index in [0.29, 0.717) is 0 Å². The van der Waals surface area contributed by atoms with Crippen molar-refractivity contribution in [1.29, 1.82) is 0 Å². The SMILES string of the molecule is C=C1C=C(I)C=CC1=Nc1ccc(Nc2ccc3c(c2)N(c2ccccc2)c2cc(I)ccc2N3)cc1C. The Morgan fingerprint density at radius 1 is 0.816 bits per heavy atom. The smallest absolute Gasteiger partial charge is 0.0718 e. The third kappa shape index (κ3) is 5.02. The molecule has 0 unspecified atom stereocenters. The van der Waals surface area contributed by atoms with Crippen LogP contribution in [-0.2, 0) is 0 Å². The summed E-state index contributed by atoms with van der Waals surface area (Å²) >= 11 is 4.67. The van der Waals surface area contributed by atoms with Gasteiger partial charge in [-0.2, -0.15) is 0 Å². The molecule has 4 nitrogen and oxygen atoms in total. The van der Waals surface area contributed by atoms with Crippen LogP contribution in [0.5, 0.6) is 0 Å². The van der Waals surface area contributed by atoms with Gasteiger partial charge in [-0.25, -0.2) is 4.99 Å². The molecule has 0 fully saturated rings. The molecule has 0 saturated carbocycles. The average Bonchev–Trinajstić information content (AvgIpc) is 2.91. The van der Waals surface area contributed by atoms with E-state index >= 15 is 0 Å². The van der Waals surface area contributed by atoms with Crippen molar-refractivity contribution in [3.05, 3.63) is 128 Å². The zero-order chi connectivity index (χ0) is 26.2. The number of rotatable bonds is 4. The minimum absolute atomic E-state index is 0.896. The van der Waals surface area contributed by atoms with Crippen molar-refractivity contribution in [3.8, 4) is 0 Å². The van der Waals surface area contributed by atoms with Crippen molar-refractivity contribution in [3.63, 3.8) is 0 Å². The molecule has 4 aromatic rings. The van der Waals surface area contributed by atoms with Crippen LogP contribution < -0.4 is 15.5 Å². The molecule has 6 heteroatoms. The molecule has 0 atom stereocenters. The molecule has 1 heterocycles. The molecule has 1 aliphatic carbocycles. The van der Waals surface area contributed by atoms with Crippen molar-refractivity contribution in [1.82, 2.24) is 0 Å². The number of nitrogens with one attached hydrogen (secondary N) is 2. The highest BCUT2D eigenvalue weighted by Gasteiger charge is 2.24. The molecule has 2 N–H and O–H groups in total. The standard InChI is InChI=1S/C32H24I2N4/c1-20-16-22(33)8-12-27(20)36-28-14-10-24(17-21(28)2)35-25-11-15-30-32(19-25)38(26-6-4-3-5-7-26)31-18-23(34)9-13-29(31)37-30/h3-19,35,37H,1H2,2H3. The van der Waals surface area contributed by atoms with Crippen molar-refractivity contribution in [2.45, 2.75) is 6.92 Å². The number of hydrogen-bond acceptors (Lipinski definition) is 4. The summed E-state index contributed by atoms with van der Waals surface area (Å²) < 4.78 is 2.35. The number of allylic oxidation sites excluding steroid dienone is 5.